The average molecular weight is 466 g/mol. The van der Waals surface area contributed by atoms with Crippen LogP contribution in [0.3, 0.4) is 0 Å². The molecule has 6 rings (SSSR count). The highest BCUT2D eigenvalue weighted by molar-refractivity contribution is 5.59. The zero-order valence-corrected chi connectivity index (χ0v) is 17.8. The molecule has 5 aromatic heterocycles. The maximum Gasteiger partial charge on any atom is 0.418 e. The van der Waals surface area contributed by atoms with Gasteiger partial charge in [0.05, 0.1) is 34.4 Å². The molecule has 5 aromatic rings. The Morgan fingerprint density at radius 2 is 2.03 bits per heavy atom. The van der Waals surface area contributed by atoms with Crippen molar-refractivity contribution in [3.63, 3.8) is 0 Å². The van der Waals surface area contributed by atoms with Crippen LogP contribution in [0.15, 0.2) is 53.5 Å². The molecule has 0 saturated carbocycles. The van der Waals surface area contributed by atoms with Gasteiger partial charge >= 0.3 is 12.2 Å². The minimum atomic E-state index is -4.51. The summed E-state index contributed by atoms with van der Waals surface area (Å²) in [5.41, 5.74) is 2.58. The molecule has 0 saturated heterocycles. The van der Waals surface area contributed by atoms with Crippen molar-refractivity contribution in [3.8, 4) is 11.5 Å². The molecular weight excluding hydrogens is 449 g/mol. The number of nitrogens with zero attached hydrogens (tertiary/aromatic N) is 7. The number of H-pyrrole nitrogens is 1. The van der Waals surface area contributed by atoms with Crippen molar-refractivity contribution < 1.29 is 17.6 Å². The van der Waals surface area contributed by atoms with Gasteiger partial charge in [-0.05, 0) is 37.3 Å². The van der Waals surface area contributed by atoms with Gasteiger partial charge in [0, 0.05) is 36.7 Å². The SMILES string of the molecule is Cc1ncccc1-c1nnc(N2CCc3[nH]cnc3[C@H]2c2cc3c(C(F)(F)F)cccn3n2)o1. The van der Waals surface area contributed by atoms with E-state index in [0.717, 1.165) is 17.5 Å². The Morgan fingerprint density at radius 3 is 2.85 bits per heavy atom. The summed E-state index contributed by atoms with van der Waals surface area (Å²) >= 11 is 0. The van der Waals surface area contributed by atoms with Gasteiger partial charge in [-0.15, -0.1) is 5.10 Å². The van der Waals surface area contributed by atoms with E-state index in [1.807, 2.05) is 17.9 Å². The van der Waals surface area contributed by atoms with Gasteiger partial charge in [0.2, 0.25) is 0 Å². The number of aromatic amines is 1. The normalized spacial score (nSPS) is 16.2. The number of pyridine rings is 2. The van der Waals surface area contributed by atoms with Crippen molar-refractivity contribution in [2.24, 2.45) is 0 Å². The maximum absolute atomic E-state index is 13.6. The highest BCUT2D eigenvalue weighted by atomic mass is 19.4. The summed E-state index contributed by atoms with van der Waals surface area (Å²) in [6, 6.07) is 7.03. The lowest BCUT2D eigenvalue weighted by molar-refractivity contribution is -0.136. The first-order chi connectivity index (χ1) is 16.4. The standard InChI is InChI=1S/C22H17F3N8O/c1-12-13(4-2-7-26-12)20-29-30-21(34-20)32-9-6-15-18(28-11-27-15)19(32)16-10-17-14(22(23,24)25)5-3-8-33(17)31-16/h2-5,7-8,10-11,19H,6,9H2,1H3,(H,27,28)/t19-/m1/s1. The summed E-state index contributed by atoms with van der Waals surface area (Å²) in [5, 5.41) is 12.9. The fraction of sp³-hybridized carbons (Fsp3) is 0.227. The van der Waals surface area contributed by atoms with E-state index in [0.29, 0.717) is 35.8 Å². The third-order valence-corrected chi connectivity index (χ3v) is 5.93. The lowest BCUT2D eigenvalue weighted by atomic mass is 10.00. The van der Waals surface area contributed by atoms with E-state index in [1.54, 1.807) is 18.6 Å². The van der Waals surface area contributed by atoms with E-state index in [2.05, 4.69) is 30.2 Å². The Hall–Kier alpha value is -4.22. The monoisotopic (exact) mass is 466 g/mol. The average Bonchev–Trinajstić information content (AvgIpc) is 3.56. The molecule has 0 spiro atoms. The zero-order chi connectivity index (χ0) is 23.4. The van der Waals surface area contributed by atoms with Crippen molar-refractivity contribution in [1.82, 2.24) is 34.8 Å². The van der Waals surface area contributed by atoms with Gasteiger partial charge in [0.15, 0.2) is 0 Å². The molecule has 1 aliphatic heterocycles. The van der Waals surface area contributed by atoms with Crippen LogP contribution in [0.2, 0.25) is 0 Å². The first kappa shape index (κ1) is 20.4. The van der Waals surface area contributed by atoms with E-state index >= 15 is 0 Å². The van der Waals surface area contributed by atoms with Crippen molar-refractivity contribution in [3.05, 3.63) is 77.4 Å². The molecular formula is C22H17F3N8O. The predicted molar refractivity (Wildman–Crippen MR) is 114 cm³/mol. The van der Waals surface area contributed by atoms with Crippen LogP contribution in [0.4, 0.5) is 19.2 Å². The number of halogens is 3. The first-order valence-electron chi connectivity index (χ1n) is 10.5. The van der Waals surface area contributed by atoms with Crippen LogP contribution < -0.4 is 4.90 Å². The Morgan fingerprint density at radius 1 is 1.15 bits per heavy atom. The Balaban J connectivity index is 1.47. The fourth-order valence-electron chi connectivity index (χ4n) is 4.34. The van der Waals surface area contributed by atoms with E-state index in [9.17, 15) is 13.2 Å². The van der Waals surface area contributed by atoms with Crippen molar-refractivity contribution >= 4 is 11.5 Å². The molecule has 12 heteroatoms. The molecule has 6 heterocycles. The summed E-state index contributed by atoms with van der Waals surface area (Å²) in [6.45, 7) is 2.32. The number of rotatable bonds is 3. The number of anilines is 1. The van der Waals surface area contributed by atoms with Gasteiger partial charge in [0.25, 0.3) is 5.89 Å². The van der Waals surface area contributed by atoms with Gasteiger partial charge in [-0.25, -0.2) is 9.50 Å². The molecule has 0 aliphatic carbocycles. The van der Waals surface area contributed by atoms with Gasteiger partial charge in [0.1, 0.15) is 6.04 Å². The molecule has 0 fully saturated rings. The van der Waals surface area contributed by atoms with Crippen LogP contribution in [0.5, 0.6) is 0 Å². The second-order valence-electron chi connectivity index (χ2n) is 7.96. The number of alkyl halides is 3. The molecule has 9 nitrogen and oxygen atoms in total. The largest absolute Gasteiger partial charge is 0.418 e. The maximum atomic E-state index is 13.6. The summed E-state index contributed by atoms with van der Waals surface area (Å²) in [6.07, 6.45) is 0.844. The number of hydrogen-bond acceptors (Lipinski definition) is 7. The lowest BCUT2D eigenvalue weighted by Crippen LogP contribution is -2.36. The van der Waals surface area contributed by atoms with Gasteiger partial charge in [-0.1, -0.05) is 5.10 Å². The van der Waals surface area contributed by atoms with Gasteiger partial charge in [-0.2, -0.15) is 18.3 Å². The van der Waals surface area contributed by atoms with E-state index in [-0.39, 0.29) is 11.5 Å². The summed E-state index contributed by atoms with van der Waals surface area (Å²) in [5.74, 6) is 0.307. The Kier molecular flexibility index (Phi) is 4.44. The molecule has 0 unspecified atom stereocenters. The number of aromatic nitrogens is 7. The van der Waals surface area contributed by atoms with Crippen LogP contribution in [0.1, 0.15) is 34.4 Å². The number of fused-ring (bicyclic) bond motifs is 2. The van der Waals surface area contributed by atoms with Gasteiger partial charge in [-0.3, -0.25) is 4.98 Å². The zero-order valence-electron chi connectivity index (χ0n) is 17.8. The summed E-state index contributed by atoms with van der Waals surface area (Å²) in [7, 11) is 0. The third-order valence-electron chi connectivity index (χ3n) is 5.93. The Labute approximate surface area is 190 Å². The summed E-state index contributed by atoms with van der Waals surface area (Å²) in [4.78, 5) is 13.6. The smallest absolute Gasteiger partial charge is 0.403 e. The van der Waals surface area contributed by atoms with Gasteiger partial charge < -0.3 is 14.3 Å². The molecule has 0 radical (unpaired) electrons. The highest BCUT2D eigenvalue weighted by Crippen LogP contribution is 2.39. The molecule has 172 valence electrons. The number of hydrogen-bond donors (Lipinski definition) is 1. The molecule has 1 atom stereocenters. The second-order valence-corrected chi connectivity index (χ2v) is 7.96. The third kappa shape index (κ3) is 3.21. The number of imidazole rings is 1. The van der Waals surface area contributed by atoms with E-state index in [4.69, 9.17) is 4.42 Å². The fourth-order valence-corrected chi connectivity index (χ4v) is 4.34. The molecule has 0 bridgehead atoms. The van der Waals surface area contributed by atoms with Crippen molar-refractivity contribution in [2.75, 3.05) is 11.4 Å². The number of nitrogens with one attached hydrogen (secondary N) is 1. The second kappa shape index (κ2) is 7.40. The first-order valence-corrected chi connectivity index (χ1v) is 10.5. The van der Waals surface area contributed by atoms with Crippen molar-refractivity contribution in [1.29, 1.82) is 0 Å². The summed E-state index contributed by atoms with van der Waals surface area (Å²) < 4.78 is 48.0. The van der Waals surface area contributed by atoms with Crippen LogP contribution >= 0.6 is 0 Å². The molecule has 0 amide bonds. The molecule has 1 aliphatic rings. The topological polar surface area (TPSA) is 101 Å². The lowest BCUT2D eigenvalue weighted by Gasteiger charge is -2.32. The van der Waals surface area contributed by atoms with Crippen LogP contribution in [-0.4, -0.2) is 41.3 Å². The minimum absolute atomic E-state index is 0.0372. The quantitative estimate of drug-likeness (QED) is 0.429. The van der Waals surface area contributed by atoms with Crippen LogP contribution in [0, 0.1) is 6.92 Å². The minimum Gasteiger partial charge on any atom is -0.403 e. The van der Waals surface area contributed by atoms with E-state index < -0.39 is 17.8 Å². The van der Waals surface area contributed by atoms with Crippen LogP contribution in [-0.2, 0) is 12.6 Å². The molecule has 0 aromatic carbocycles. The predicted octanol–water partition coefficient (Wildman–Crippen LogP) is 3.98. The highest BCUT2D eigenvalue weighted by Gasteiger charge is 2.38. The molecule has 1 N–H and O–H groups in total. The Bertz CT molecular complexity index is 1500. The molecule has 34 heavy (non-hydrogen) atoms. The van der Waals surface area contributed by atoms with E-state index in [1.165, 1.54) is 22.8 Å². The van der Waals surface area contributed by atoms with Crippen LogP contribution in [0.25, 0.3) is 17.0 Å². The van der Waals surface area contributed by atoms with Crippen molar-refractivity contribution in [2.45, 2.75) is 25.6 Å². The number of aryl methyl sites for hydroxylation is 1.